The van der Waals surface area contributed by atoms with E-state index in [0.717, 1.165) is 31.2 Å². The number of rotatable bonds is 8. The molecule has 2 N–H and O–H groups in total. The molecule has 0 amide bonds. The standard InChI is InChI=1S/C18H27NO3/c1-3-4-13-22-16-11-8-12-18(16,17(20)21)19-14(2)15-9-6-5-7-10-15/h5-7,9-10,14,16,19H,3-4,8,11-13H2,1-2H3,(H,20,21)/t14-,16-,18-/m0/s1. The Morgan fingerprint density at radius 2 is 2.18 bits per heavy atom. The summed E-state index contributed by atoms with van der Waals surface area (Å²) in [5, 5.41) is 13.2. The van der Waals surface area contributed by atoms with E-state index in [4.69, 9.17) is 4.74 Å². The van der Waals surface area contributed by atoms with E-state index in [2.05, 4.69) is 12.2 Å². The van der Waals surface area contributed by atoms with Gasteiger partial charge in [-0.15, -0.1) is 0 Å². The predicted molar refractivity (Wildman–Crippen MR) is 86.9 cm³/mol. The van der Waals surface area contributed by atoms with E-state index in [1.807, 2.05) is 37.3 Å². The number of carboxylic acid groups (broad SMARTS) is 1. The molecule has 0 aliphatic heterocycles. The fourth-order valence-electron chi connectivity index (χ4n) is 3.25. The minimum absolute atomic E-state index is 0.0207. The lowest BCUT2D eigenvalue weighted by molar-refractivity contribution is -0.151. The Morgan fingerprint density at radius 3 is 2.82 bits per heavy atom. The van der Waals surface area contributed by atoms with Crippen molar-refractivity contribution >= 4 is 5.97 Å². The number of hydrogen-bond acceptors (Lipinski definition) is 3. The zero-order valence-corrected chi connectivity index (χ0v) is 13.5. The second-order valence-electron chi connectivity index (χ2n) is 6.16. The number of carbonyl (C=O) groups is 1. The normalized spacial score (nSPS) is 26.0. The van der Waals surface area contributed by atoms with E-state index in [1.54, 1.807) is 0 Å². The summed E-state index contributed by atoms with van der Waals surface area (Å²) >= 11 is 0. The Hall–Kier alpha value is -1.39. The van der Waals surface area contributed by atoms with Crippen LogP contribution in [0.2, 0.25) is 0 Å². The molecule has 1 fully saturated rings. The largest absolute Gasteiger partial charge is 0.480 e. The smallest absolute Gasteiger partial charge is 0.326 e. The molecule has 1 aliphatic rings. The molecule has 1 aliphatic carbocycles. The Morgan fingerprint density at radius 1 is 1.45 bits per heavy atom. The van der Waals surface area contributed by atoms with Crippen LogP contribution in [0.15, 0.2) is 30.3 Å². The van der Waals surface area contributed by atoms with Gasteiger partial charge >= 0.3 is 5.97 Å². The van der Waals surface area contributed by atoms with Crippen molar-refractivity contribution in [3.05, 3.63) is 35.9 Å². The van der Waals surface area contributed by atoms with Crippen molar-refractivity contribution in [1.29, 1.82) is 0 Å². The van der Waals surface area contributed by atoms with Crippen LogP contribution in [-0.2, 0) is 9.53 Å². The molecular weight excluding hydrogens is 278 g/mol. The van der Waals surface area contributed by atoms with Gasteiger partial charge in [0.15, 0.2) is 0 Å². The summed E-state index contributed by atoms with van der Waals surface area (Å²) in [6.45, 7) is 4.76. The van der Waals surface area contributed by atoms with Crippen LogP contribution < -0.4 is 5.32 Å². The molecule has 0 unspecified atom stereocenters. The molecule has 0 heterocycles. The molecule has 1 saturated carbocycles. The van der Waals surface area contributed by atoms with Crippen LogP contribution in [0.25, 0.3) is 0 Å². The van der Waals surface area contributed by atoms with Crippen LogP contribution in [0.5, 0.6) is 0 Å². The van der Waals surface area contributed by atoms with E-state index in [9.17, 15) is 9.90 Å². The molecule has 122 valence electrons. The topological polar surface area (TPSA) is 58.6 Å². The molecule has 0 bridgehead atoms. The first-order valence-corrected chi connectivity index (χ1v) is 8.28. The lowest BCUT2D eigenvalue weighted by Gasteiger charge is -2.35. The van der Waals surface area contributed by atoms with Crippen molar-refractivity contribution in [3.8, 4) is 0 Å². The number of carboxylic acids is 1. The summed E-state index contributed by atoms with van der Waals surface area (Å²) in [6.07, 6.45) is 4.10. The van der Waals surface area contributed by atoms with Gasteiger partial charge in [0.25, 0.3) is 0 Å². The van der Waals surface area contributed by atoms with E-state index in [0.29, 0.717) is 13.0 Å². The quantitative estimate of drug-likeness (QED) is 0.721. The van der Waals surface area contributed by atoms with Gasteiger partial charge in [0, 0.05) is 12.6 Å². The predicted octanol–water partition coefficient (Wildman–Crippen LogP) is 3.53. The molecule has 3 atom stereocenters. The Bertz CT molecular complexity index is 476. The maximum Gasteiger partial charge on any atom is 0.326 e. The van der Waals surface area contributed by atoms with Crippen LogP contribution in [0.4, 0.5) is 0 Å². The van der Waals surface area contributed by atoms with Gasteiger partial charge in [-0.05, 0) is 38.2 Å². The van der Waals surface area contributed by atoms with Gasteiger partial charge in [-0.25, -0.2) is 0 Å². The van der Waals surface area contributed by atoms with Crippen LogP contribution in [0.1, 0.15) is 57.6 Å². The molecule has 1 aromatic rings. The lowest BCUT2D eigenvalue weighted by Crippen LogP contribution is -2.58. The summed E-state index contributed by atoms with van der Waals surface area (Å²) in [5.41, 5.74) is 0.130. The van der Waals surface area contributed by atoms with Gasteiger partial charge in [-0.3, -0.25) is 10.1 Å². The molecule has 4 nitrogen and oxygen atoms in total. The number of unbranched alkanes of at least 4 members (excludes halogenated alkanes) is 1. The fraction of sp³-hybridized carbons (Fsp3) is 0.611. The van der Waals surface area contributed by atoms with Crippen molar-refractivity contribution in [2.45, 2.75) is 63.6 Å². The summed E-state index contributed by atoms with van der Waals surface area (Å²) in [7, 11) is 0. The zero-order valence-electron chi connectivity index (χ0n) is 13.5. The maximum atomic E-state index is 12.0. The van der Waals surface area contributed by atoms with Gasteiger partial charge in [-0.1, -0.05) is 43.7 Å². The van der Waals surface area contributed by atoms with Crippen molar-refractivity contribution in [3.63, 3.8) is 0 Å². The van der Waals surface area contributed by atoms with Crippen molar-refractivity contribution in [2.24, 2.45) is 0 Å². The lowest BCUT2D eigenvalue weighted by atomic mass is 9.92. The third-order valence-electron chi connectivity index (χ3n) is 4.56. The van der Waals surface area contributed by atoms with Crippen molar-refractivity contribution in [1.82, 2.24) is 5.32 Å². The van der Waals surface area contributed by atoms with Crippen LogP contribution in [0, 0.1) is 0 Å². The Labute approximate surface area is 132 Å². The van der Waals surface area contributed by atoms with Crippen molar-refractivity contribution in [2.75, 3.05) is 6.61 Å². The van der Waals surface area contributed by atoms with Crippen LogP contribution in [0.3, 0.4) is 0 Å². The summed E-state index contributed by atoms with van der Waals surface area (Å²) in [6, 6.07) is 9.95. The fourth-order valence-corrected chi connectivity index (χ4v) is 3.25. The maximum absolute atomic E-state index is 12.0. The first kappa shape index (κ1) is 17.0. The van der Waals surface area contributed by atoms with E-state index in [1.165, 1.54) is 0 Å². The third-order valence-corrected chi connectivity index (χ3v) is 4.56. The number of aliphatic carboxylic acids is 1. The van der Waals surface area contributed by atoms with E-state index in [-0.39, 0.29) is 12.1 Å². The van der Waals surface area contributed by atoms with Gasteiger partial charge in [0.05, 0.1) is 6.10 Å². The van der Waals surface area contributed by atoms with Crippen LogP contribution >= 0.6 is 0 Å². The molecule has 1 aromatic carbocycles. The first-order valence-electron chi connectivity index (χ1n) is 8.28. The highest BCUT2D eigenvalue weighted by Crippen LogP contribution is 2.35. The average Bonchev–Trinajstić information content (AvgIpc) is 2.92. The molecule has 22 heavy (non-hydrogen) atoms. The zero-order chi connectivity index (χ0) is 16.0. The summed E-state index contributed by atoms with van der Waals surface area (Å²) in [4.78, 5) is 12.0. The Kier molecular flexibility index (Phi) is 5.98. The number of hydrogen-bond donors (Lipinski definition) is 2. The highest BCUT2D eigenvalue weighted by molar-refractivity contribution is 5.80. The minimum atomic E-state index is -0.969. The number of benzene rings is 1. The highest BCUT2D eigenvalue weighted by Gasteiger charge is 2.50. The highest BCUT2D eigenvalue weighted by atomic mass is 16.5. The minimum Gasteiger partial charge on any atom is -0.480 e. The molecule has 0 aromatic heterocycles. The molecule has 0 radical (unpaired) electrons. The number of ether oxygens (including phenoxy) is 1. The van der Waals surface area contributed by atoms with Gasteiger partial charge < -0.3 is 9.84 Å². The third kappa shape index (κ3) is 3.68. The summed E-state index contributed by atoms with van der Waals surface area (Å²) < 4.78 is 5.91. The van der Waals surface area contributed by atoms with Crippen LogP contribution in [-0.4, -0.2) is 29.3 Å². The molecule has 2 rings (SSSR count). The van der Waals surface area contributed by atoms with E-state index >= 15 is 0 Å². The molecule has 0 saturated heterocycles. The van der Waals surface area contributed by atoms with Gasteiger partial charge in [-0.2, -0.15) is 0 Å². The second kappa shape index (κ2) is 7.75. The summed E-state index contributed by atoms with van der Waals surface area (Å²) in [5.74, 6) is -0.797. The first-order chi connectivity index (χ1) is 10.6. The van der Waals surface area contributed by atoms with Gasteiger partial charge in [0.1, 0.15) is 5.54 Å². The molecule has 4 heteroatoms. The van der Waals surface area contributed by atoms with E-state index < -0.39 is 11.5 Å². The Balaban J connectivity index is 2.12. The second-order valence-corrected chi connectivity index (χ2v) is 6.16. The SMILES string of the molecule is CCCCO[C@H]1CCC[C@@]1(N[C@@H](C)c1ccccc1)C(=O)O. The monoisotopic (exact) mass is 305 g/mol. The number of nitrogens with one attached hydrogen (secondary N) is 1. The average molecular weight is 305 g/mol. The molecular formula is C18H27NO3. The van der Waals surface area contributed by atoms with Crippen molar-refractivity contribution < 1.29 is 14.6 Å². The van der Waals surface area contributed by atoms with Gasteiger partial charge in [0.2, 0.25) is 0 Å². The molecule has 0 spiro atoms.